The minimum atomic E-state index is 0.579. The molecule has 2 heteroatoms. The molecule has 0 saturated carbocycles. The third kappa shape index (κ3) is 7.66. The zero-order valence-corrected chi connectivity index (χ0v) is 11.2. The van der Waals surface area contributed by atoms with E-state index in [1.54, 1.807) is 0 Å². The van der Waals surface area contributed by atoms with E-state index >= 15 is 0 Å². The predicted octanol–water partition coefficient (Wildman–Crippen LogP) is 2.68. The van der Waals surface area contributed by atoms with Crippen LogP contribution in [0.25, 0.3) is 0 Å². The lowest BCUT2D eigenvalue weighted by atomic mass is 10.2. The molecule has 0 fully saturated rings. The summed E-state index contributed by atoms with van der Waals surface area (Å²) in [5.74, 6) is 0.729. The van der Waals surface area contributed by atoms with Crippen molar-refractivity contribution in [3.63, 3.8) is 0 Å². The molecule has 94 valence electrons. The van der Waals surface area contributed by atoms with E-state index in [1.165, 1.54) is 6.42 Å². The molecule has 2 nitrogen and oxygen atoms in total. The smallest absolute Gasteiger partial charge is 0.0166 e. The van der Waals surface area contributed by atoms with Crippen LogP contribution in [0.3, 0.4) is 0 Å². The highest BCUT2D eigenvalue weighted by molar-refractivity contribution is 4.83. The third-order valence-electron chi connectivity index (χ3n) is 2.64. The van der Waals surface area contributed by atoms with Crippen molar-refractivity contribution in [3.05, 3.63) is 25.3 Å². The Bertz CT molecular complexity index is 177. The fourth-order valence-electron chi connectivity index (χ4n) is 1.65. The zero-order valence-electron chi connectivity index (χ0n) is 11.2. The maximum Gasteiger partial charge on any atom is 0.0166 e. The Kier molecular flexibility index (Phi) is 9.25. The molecule has 16 heavy (non-hydrogen) atoms. The second-order valence-corrected chi connectivity index (χ2v) is 4.77. The van der Waals surface area contributed by atoms with Gasteiger partial charge in [-0.25, -0.2) is 0 Å². The molecule has 1 N–H and O–H groups in total. The maximum atomic E-state index is 3.79. The topological polar surface area (TPSA) is 15.3 Å². The lowest BCUT2D eigenvalue weighted by molar-refractivity contribution is 0.242. The quantitative estimate of drug-likeness (QED) is 0.453. The van der Waals surface area contributed by atoms with Gasteiger partial charge in [0, 0.05) is 19.1 Å². The summed E-state index contributed by atoms with van der Waals surface area (Å²) in [5, 5.41) is 3.48. The van der Waals surface area contributed by atoms with Gasteiger partial charge in [-0.3, -0.25) is 4.90 Å². The molecule has 0 aromatic rings. The normalized spacial score (nSPS) is 13.1. The van der Waals surface area contributed by atoms with Crippen LogP contribution >= 0.6 is 0 Å². The highest BCUT2D eigenvalue weighted by Gasteiger charge is 2.10. The minimum absolute atomic E-state index is 0.579. The molecule has 0 heterocycles. The summed E-state index contributed by atoms with van der Waals surface area (Å²) in [6, 6.07) is 0.579. The fraction of sp³-hybridized carbons (Fsp3) is 0.714. The van der Waals surface area contributed by atoms with Crippen LogP contribution in [0, 0.1) is 5.92 Å². The molecule has 0 rings (SSSR count). The van der Waals surface area contributed by atoms with Gasteiger partial charge in [0.1, 0.15) is 0 Å². The molecule has 1 unspecified atom stereocenters. The van der Waals surface area contributed by atoms with Crippen LogP contribution in [-0.2, 0) is 0 Å². The molecule has 0 amide bonds. The van der Waals surface area contributed by atoms with E-state index in [-0.39, 0.29) is 0 Å². The Hall–Kier alpha value is -0.600. The van der Waals surface area contributed by atoms with Crippen molar-refractivity contribution in [1.29, 1.82) is 0 Å². The molecular formula is C14H28N2. The molecule has 0 aromatic carbocycles. The Balaban J connectivity index is 3.76. The lowest BCUT2D eigenvalue weighted by Gasteiger charge is -2.26. The number of nitrogens with zero attached hydrogens (tertiary/aromatic N) is 1. The van der Waals surface area contributed by atoms with Gasteiger partial charge in [0.05, 0.1) is 0 Å². The Labute approximate surface area is 101 Å². The maximum absolute atomic E-state index is 3.79. The number of hydrogen-bond donors (Lipinski definition) is 1. The first-order valence-corrected chi connectivity index (χ1v) is 6.28. The van der Waals surface area contributed by atoms with Crippen molar-refractivity contribution in [1.82, 2.24) is 10.2 Å². The van der Waals surface area contributed by atoms with Gasteiger partial charge in [-0.15, -0.1) is 13.2 Å². The van der Waals surface area contributed by atoms with Gasteiger partial charge in [0.2, 0.25) is 0 Å². The van der Waals surface area contributed by atoms with Gasteiger partial charge >= 0.3 is 0 Å². The first kappa shape index (κ1) is 15.4. The van der Waals surface area contributed by atoms with Crippen molar-refractivity contribution >= 4 is 0 Å². The molecule has 0 aromatic heterocycles. The van der Waals surface area contributed by atoms with E-state index in [4.69, 9.17) is 0 Å². The van der Waals surface area contributed by atoms with Gasteiger partial charge in [-0.1, -0.05) is 26.0 Å². The standard InChI is InChI=1S/C14H28N2/c1-6-10-16(11-7-2)14(5)8-9-15-12-13(3)4/h6-7,13-15H,1-2,8-12H2,3-5H3. The highest BCUT2D eigenvalue weighted by Crippen LogP contribution is 2.03. The number of hydrogen-bond acceptors (Lipinski definition) is 2. The number of rotatable bonds is 10. The fourth-order valence-corrected chi connectivity index (χ4v) is 1.65. The molecule has 0 aliphatic heterocycles. The van der Waals surface area contributed by atoms with E-state index in [1.807, 2.05) is 12.2 Å². The first-order chi connectivity index (χ1) is 7.61. The predicted molar refractivity (Wildman–Crippen MR) is 73.8 cm³/mol. The molecule has 0 spiro atoms. The Morgan fingerprint density at radius 3 is 2.12 bits per heavy atom. The van der Waals surface area contributed by atoms with E-state index in [0.717, 1.165) is 32.1 Å². The molecule has 0 radical (unpaired) electrons. The van der Waals surface area contributed by atoms with Crippen LogP contribution in [0.5, 0.6) is 0 Å². The molecular weight excluding hydrogens is 196 g/mol. The van der Waals surface area contributed by atoms with Crippen LogP contribution in [0.15, 0.2) is 25.3 Å². The number of nitrogens with one attached hydrogen (secondary N) is 1. The van der Waals surface area contributed by atoms with Crippen molar-refractivity contribution in [2.75, 3.05) is 26.2 Å². The summed E-state index contributed by atoms with van der Waals surface area (Å²) in [7, 11) is 0. The highest BCUT2D eigenvalue weighted by atomic mass is 15.1. The molecule has 1 atom stereocenters. The van der Waals surface area contributed by atoms with Gasteiger partial charge in [0.15, 0.2) is 0 Å². The van der Waals surface area contributed by atoms with Crippen LogP contribution in [-0.4, -0.2) is 37.1 Å². The lowest BCUT2D eigenvalue weighted by Crippen LogP contribution is -2.36. The van der Waals surface area contributed by atoms with Crippen LogP contribution in [0.4, 0.5) is 0 Å². The molecule has 0 saturated heterocycles. The molecule has 0 bridgehead atoms. The van der Waals surface area contributed by atoms with E-state index in [9.17, 15) is 0 Å². The second kappa shape index (κ2) is 9.61. The largest absolute Gasteiger partial charge is 0.316 e. The average Bonchev–Trinajstić information content (AvgIpc) is 2.23. The van der Waals surface area contributed by atoms with Crippen molar-refractivity contribution in [2.24, 2.45) is 5.92 Å². The second-order valence-electron chi connectivity index (χ2n) is 4.77. The van der Waals surface area contributed by atoms with E-state index in [2.05, 4.69) is 44.1 Å². The summed E-state index contributed by atoms with van der Waals surface area (Å²) >= 11 is 0. The third-order valence-corrected chi connectivity index (χ3v) is 2.64. The zero-order chi connectivity index (χ0) is 12.4. The summed E-state index contributed by atoms with van der Waals surface area (Å²) in [6.07, 6.45) is 5.09. The average molecular weight is 224 g/mol. The summed E-state index contributed by atoms with van der Waals surface area (Å²) in [6.45, 7) is 18.4. The van der Waals surface area contributed by atoms with Crippen molar-refractivity contribution < 1.29 is 0 Å². The summed E-state index contributed by atoms with van der Waals surface area (Å²) in [4.78, 5) is 2.39. The van der Waals surface area contributed by atoms with Gasteiger partial charge < -0.3 is 5.32 Å². The van der Waals surface area contributed by atoms with Gasteiger partial charge in [-0.05, 0) is 32.4 Å². The SMILES string of the molecule is C=CCN(CC=C)C(C)CCNCC(C)C. The Morgan fingerprint density at radius 1 is 1.12 bits per heavy atom. The van der Waals surface area contributed by atoms with Gasteiger partial charge in [-0.2, -0.15) is 0 Å². The first-order valence-electron chi connectivity index (χ1n) is 6.28. The van der Waals surface area contributed by atoms with Crippen LogP contribution in [0.2, 0.25) is 0 Å². The summed E-state index contributed by atoms with van der Waals surface area (Å²) in [5.41, 5.74) is 0. The Morgan fingerprint density at radius 2 is 1.69 bits per heavy atom. The van der Waals surface area contributed by atoms with Crippen molar-refractivity contribution in [3.8, 4) is 0 Å². The van der Waals surface area contributed by atoms with Crippen LogP contribution in [0.1, 0.15) is 27.2 Å². The van der Waals surface area contributed by atoms with E-state index < -0.39 is 0 Å². The minimum Gasteiger partial charge on any atom is -0.316 e. The molecule has 0 aliphatic carbocycles. The van der Waals surface area contributed by atoms with Gasteiger partial charge in [0.25, 0.3) is 0 Å². The summed E-state index contributed by atoms with van der Waals surface area (Å²) < 4.78 is 0. The monoisotopic (exact) mass is 224 g/mol. The molecule has 0 aliphatic rings. The van der Waals surface area contributed by atoms with Crippen molar-refractivity contribution in [2.45, 2.75) is 33.2 Å². The van der Waals surface area contributed by atoms with Crippen LogP contribution < -0.4 is 5.32 Å². The van der Waals surface area contributed by atoms with E-state index in [0.29, 0.717) is 6.04 Å².